The number of carbonyl (C=O) groups excluding carboxylic acids is 1. The fraction of sp³-hybridized carbons (Fsp3) is 0.667. The van der Waals surface area contributed by atoms with E-state index in [4.69, 9.17) is 0 Å². The second-order valence-corrected chi connectivity index (χ2v) is 4.81. The van der Waals surface area contributed by atoms with Gasteiger partial charge in [-0.1, -0.05) is 13.8 Å². The quantitative estimate of drug-likeness (QED) is 0.720. The molecule has 0 atom stereocenters. The van der Waals surface area contributed by atoms with Crippen LogP contribution in [0.5, 0.6) is 0 Å². The van der Waals surface area contributed by atoms with Crippen LogP contribution in [-0.4, -0.2) is 30.5 Å². The van der Waals surface area contributed by atoms with E-state index in [0.29, 0.717) is 13.0 Å². The molecule has 1 aromatic rings. The minimum atomic E-state index is 0. The molecule has 0 aliphatic rings. The van der Waals surface area contributed by atoms with Crippen LogP contribution >= 0.6 is 36.2 Å². The molecule has 1 rings (SSSR count). The Morgan fingerprint density at radius 3 is 2.58 bits per heavy atom. The molecule has 0 unspecified atom stereocenters. The second kappa shape index (κ2) is 12.7. The molecule has 19 heavy (non-hydrogen) atoms. The third-order valence-electron chi connectivity index (χ3n) is 2.29. The van der Waals surface area contributed by atoms with E-state index in [0.717, 1.165) is 36.6 Å². The van der Waals surface area contributed by atoms with Crippen molar-refractivity contribution in [1.82, 2.24) is 15.6 Å². The predicted molar refractivity (Wildman–Crippen MR) is 85.9 cm³/mol. The van der Waals surface area contributed by atoms with Gasteiger partial charge in [-0.05, 0) is 19.4 Å². The SMILES string of the molecule is CCCNCCNC(=O)Cc1csc(CC)n1.Cl.Cl. The van der Waals surface area contributed by atoms with Crippen molar-refractivity contribution >= 4 is 42.1 Å². The lowest BCUT2D eigenvalue weighted by molar-refractivity contribution is -0.120. The van der Waals surface area contributed by atoms with Gasteiger partial charge in [-0.15, -0.1) is 36.2 Å². The van der Waals surface area contributed by atoms with Crippen LogP contribution in [-0.2, 0) is 17.6 Å². The summed E-state index contributed by atoms with van der Waals surface area (Å²) in [5.41, 5.74) is 0.880. The van der Waals surface area contributed by atoms with Crippen molar-refractivity contribution in [2.24, 2.45) is 0 Å². The van der Waals surface area contributed by atoms with Crippen molar-refractivity contribution in [1.29, 1.82) is 0 Å². The lowest BCUT2D eigenvalue weighted by atomic mass is 10.3. The summed E-state index contributed by atoms with van der Waals surface area (Å²) in [4.78, 5) is 15.9. The lowest BCUT2D eigenvalue weighted by Crippen LogP contribution is -2.33. The molecule has 0 aliphatic heterocycles. The van der Waals surface area contributed by atoms with Gasteiger partial charge in [0.2, 0.25) is 5.91 Å². The molecule has 0 aliphatic carbocycles. The van der Waals surface area contributed by atoms with Crippen LogP contribution in [0.15, 0.2) is 5.38 Å². The molecule has 112 valence electrons. The highest BCUT2D eigenvalue weighted by Gasteiger charge is 2.06. The van der Waals surface area contributed by atoms with Gasteiger partial charge in [-0.2, -0.15) is 0 Å². The number of carbonyl (C=O) groups is 1. The molecule has 0 spiro atoms. The van der Waals surface area contributed by atoms with E-state index < -0.39 is 0 Å². The molecule has 0 saturated heterocycles. The highest BCUT2D eigenvalue weighted by atomic mass is 35.5. The summed E-state index contributed by atoms with van der Waals surface area (Å²) in [7, 11) is 0. The summed E-state index contributed by atoms with van der Waals surface area (Å²) in [5, 5.41) is 9.18. The third kappa shape index (κ3) is 9.21. The zero-order chi connectivity index (χ0) is 12.5. The maximum absolute atomic E-state index is 11.6. The monoisotopic (exact) mass is 327 g/mol. The van der Waals surface area contributed by atoms with E-state index in [1.807, 2.05) is 5.38 Å². The van der Waals surface area contributed by atoms with Crippen LogP contribution < -0.4 is 10.6 Å². The van der Waals surface area contributed by atoms with E-state index in [2.05, 4.69) is 29.5 Å². The molecular weight excluding hydrogens is 305 g/mol. The van der Waals surface area contributed by atoms with Gasteiger partial charge in [0.25, 0.3) is 0 Å². The van der Waals surface area contributed by atoms with Gasteiger partial charge >= 0.3 is 0 Å². The van der Waals surface area contributed by atoms with Crippen molar-refractivity contribution < 1.29 is 4.79 Å². The standard InChI is InChI=1S/C12H21N3OS.2ClH/c1-3-5-13-6-7-14-11(16)8-10-9-17-12(4-2)15-10;;/h9,13H,3-8H2,1-2H3,(H,14,16);2*1H. The van der Waals surface area contributed by atoms with Crippen molar-refractivity contribution in [3.05, 3.63) is 16.1 Å². The molecule has 1 amide bonds. The molecule has 0 saturated carbocycles. The van der Waals surface area contributed by atoms with Crippen LogP contribution in [0, 0.1) is 0 Å². The highest BCUT2D eigenvalue weighted by Crippen LogP contribution is 2.10. The number of nitrogens with one attached hydrogen (secondary N) is 2. The van der Waals surface area contributed by atoms with Crippen LogP contribution in [0.25, 0.3) is 0 Å². The van der Waals surface area contributed by atoms with Gasteiger partial charge in [0.1, 0.15) is 0 Å². The summed E-state index contributed by atoms with van der Waals surface area (Å²) >= 11 is 1.62. The van der Waals surface area contributed by atoms with Crippen LogP contribution in [0.3, 0.4) is 0 Å². The Balaban J connectivity index is 0. The van der Waals surface area contributed by atoms with E-state index in [-0.39, 0.29) is 30.7 Å². The Morgan fingerprint density at radius 2 is 2.00 bits per heavy atom. The second-order valence-electron chi connectivity index (χ2n) is 3.86. The number of rotatable bonds is 8. The molecule has 1 heterocycles. The first-order valence-corrected chi connectivity index (χ1v) is 7.05. The molecule has 0 bridgehead atoms. The molecule has 1 aromatic heterocycles. The summed E-state index contributed by atoms with van der Waals surface area (Å²) in [6, 6.07) is 0. The van der Waals surface area contributed by atoms with E-state index in [1.165, 1.54) is 0 Å². The number of aromatic nitrogens is 1. The van der Waals surface area contributed by atoms with E-state index in [1.54, 1.807) is 11.3 Å². The van der Waals surface area contributed by atoms with Crippen molar-refractivity contribution in [3.63, 3.8) is 0 Å². The van der Waals surface area contributed by atoms with Gasteiger partial charge in [0.15, 0.2) is 0 Å². The van der Waals surface area contributed by atoms with Crippen molar-refractivity contribution in [2.45, 2.75) is 33.1 Å². The number of aryl methyl sites for hydroxylation is 1. The molecule has 7 heteroatoms. The number of hydrogen-bond acceptors (Lipinski definition) is 4. The first kappa shape index (κ1) is 20.9. The Kier molecular flexibility index (Phi) is 14.0. The number of amides is 1. The van der Waals surface area contributed by atoms with Crippen LogP contribution in [0.2, 0.25) is 0 Å². The van der Waals surface area contributed by atoms with Gasteiger partial charge in [0, 0.05) is 18.5 Å². The van der Waals surface area contributed by atoms with Gasteiger partial charge in [0.05, 0.1) is 17.1 Å². The minimum Gasteiger partial charge on any atom is -0.354 e. The minimum absolute atomic E-state index is 0. The Morgan fingerprint density at radius 1 is 1.26 bits per heavy atom. The van der Waals surface area contributed by atoms with Gasteiger partial charge in [-0.3, -0.25) is 4.79 Å². The molecule has 4 nitrogen and oxygen atoms in total. The maximum Gasteiger partial charge on any atom is 0.226 e. The summed E-state index contributed by atoms with van der Waals surface area (Å²) in [5.74, 6) is 0.0521. The summed E-state index contributed by atoms with van der Waals surface area (Å²) in [6.07, 6.45) is 2.45. The molecular formula is C12H23Cl2N3OS. The lowest BCUT2D eigenvalue weighted by Gasteiger charge is -2.04. The first-order valence-electron chi connectivity index (χ1n) is 6.17. The Bertz CT molecular complexity index is 347. The molecule has 0 radical (unpaired) electrons. The third-order valence-corrected chi connectivity index (χ3v) is 3.34. The average molecular weight is 328 g/mol. The number of hydrogen-bond donors (Lipinski definition) is 2. The topological polar surface area (TPSA) is 54.0 Å². The van der Waals surface area contributed by atoms with Gasteiger partial charge < -0.3 is 10.6 Å². The van der Waals surface area contributed by atoms with Crippen molar-refractivity contribution in [3.8, 4) is 0 Å². The number of thiazole rings is 1. The summed E-state index contributed by atoms with van der Waals surface area (Å²) < 4.78 is 0. The fourth-order valence-corrected chi connectivity index (χ4v) is 2.16. The first-order chi connectivity index (χ1) is 8.26. The zero-order valence-electron chi connectivity index (χ0n) is 11.4. The highest BCUT2D eigenvalue weighted by molar-refractivity contribution is 7.09. The van der Waals surface area contributed by atoms with Gasteiger partial charge in [-0.25, -0.2) is 4.98 Å². The number of halogens is 2. The van der Waals surface area contributed by atoms with Crippen molar-refractivity contribution in [2.75, 3.05) is 19.6 Å². The zero-order valence-corrected chi connectivity index (χ0v) is 13.8. The Hall–Kier alpha value is -0.360. The number of nitrogens with zero attached hydrogens (tertiary/aromatic N) is 1. The maximum atomic E-state index is 11.6. The van der Waals surface area contributed by atoms with E-state index in [9.17, 15) is 4.79 Å². The molecule has 0 fully saturated rings. The largest absolute Gasteiger partial charge is 0.354 e. The normalized spacial score (nSPS) is 9.37. The van der Waals surface area contributed by atoms with Crippen LogP contribution in [0.1, 0.15) is 31.0 Å². The fourth-order valence-electron chi connectivity index (χ4n) is 1.41. The predicted octanol–water partition coefficient (Wildman–Crippen LogP) is 2.21. The Labute approximate surface area is 131 Å². The average Bonchev–Trinajstić information content (AvgIpc) is 2.76. The smallest absolute Gasteiger partial charge is 0.226 e. The molecule has 2 N–H and O–H groups in total. The summed E-state index contributed by atoms with van der Waals surface area (Å²) in [6.45, 7) is 6.71. The van der Waals surface area contributed by atoms with E-state index >= 15 is 0 Å². The van der Waals surface area contributed by atoms with Crippen LogP contribution in [0.4, 0.5) is 0 Å². The molecule has 0 aromatic carbocycles.